The molecular weight excluding hydrogens is 252 g/mol. The quantitative estimate of drug-likeness (QED) is 0.499. The molecule has 0 aliphatic rings. The smallest absolute Gasteiger partial charge is 0.230 e. The summed E-state index contributed by atoms with van der Waals surface area (Å²) in [6.45, 7) is 2.31. The van der Waals surface area contributed by atoms with E-state index in [1.807, 2.05) is 6.07 Å². The van der Waals surface area contributed by atoms with Gasteiger partial charge in [-0.05, 0) is 12.1 Å². The van der Waals surface area contributed by atoms with Crippen LogP contribution in [0, 0.1) is 0 Å². The van der Waals surface area contributed by atoms with Gasteiger partial charge in [0.25, 0.3) is 0 Å². The summed E-state index contributed by atoms with van der Waals surface area (Å²) in [5, 5.41) is 5.30. The van der Waals surface area contributed by atoms with Crippen LogP contribution >= 0.6 is 11.8 Å². The second-order valence-electron chi connectivity index (χ2n) is 3.54. The van der Waals surface area contributed by atoms with Gasteiger partial charge >= 0.3 is 0 Å². The van der Waals surface area contributed by atoms with Crippen LogP contribution in [0.1, 0.15) is 6.92 Å². The molecule has 0 saturated carbocycles. The Morgan fingerprint density at radius 3 is 2.67 bits per heavy atom. The normalized spacial score (nSPS) is 9.83. The number of hydrogen-bond acceptors (Lipinski definition) is 5. The molecule has 1 aromatic rings. The van der Waals surface area contributed by atoms with Crippen LogP contribution in [0.4, 0.5) is 5.82 Å². The van der Waals surface area contributed by atoms with Gasteiger partial charge in [0, 0.05) is 31.1 Å². The van der Waals surface area contributed by atoms with Crippen molar-refractivity contribution in [3.63, 3.8) is 0 Å². The molecule has 1 aromatic heterocycles. The van der Waals surface area contributed by atoms with E-state index in [0.717, 1.165) is 4.90 Å². The largest absolute Gasteiger partial charge is 0.384 e. The van der Waals surface area contributed by atoms with Crippen LogP contribution < -0.4 is 16.4 Å². The monoisotopic (exact) mass is 268 g/mol. The predicted octanol–water partition coefficient (Wildman–Crippen LogP) is 0.00820. The van der Waals surface area contributed by atoms with Crippen molar-refractivity contribution in [2.45, 2.75) is 11.8 Å². The Bertz CT molecular complexity index is 408. The highest BCUT2D eigenvalue weighted by Crippen LogP contribution is 2.16. The molecule has 2 amide bonds. The molecule has 0 spiro atoms. The highest BCUT2D eigenvalue weighted by Gasteiger charge is 2.02. The van der Waals surface area contributed by atoms with Crippen molar-refractivity contribution in [1.82, 2.24) is 15.6 Å². The first-order valence-corrected chi connectivity index (χ1v) is 6.42. The van der Waals surface area contributed by atoms with E-state index in [-0.39, 0.29) is 11.8 Å². The molecule has 7 heteroatoms. The van der Waals surface area contributed by atoms with Gasteiger partial charge in [0.1, 0.15) is 5.82 Å². The first kappa shape index (κ1) is 14.3. The molecule has 0 radical (unpaired) electrons. The van der Waals surface area contributed by atoms with Gasteiger partial charge in [0.05, 0.1) is 5.75 Å². The molecular formula is C11H16N4O2S. The lowest BCUT2D eigenvalue weighted by atomic mass is 10.5. The van der Waals surface area contributed by atoms with E-state index in [1.165, 1.54) is 18.7 Å². The molecule has 0 unspecified atom stereocenters. The van der Waals surface area contributed by atoms with E-state index < -0.39 is 0 Å². The second kappa shape index (κ2) is 7.54. The number of carbonyl (C=O) groups is 2. The van der Waals surface area contributed by atoms with Crippen molar-refractivity contribution in [2.75, 3.05) is 24.6 Å². The summed E-state index contributed by atoms with van der Waals surface area (Å²) in [7, 11) is 0. The zero-order chi connectivity index (χ0) is 13.4. The van der Waals surface area contributed by atoms with Gasteiger partial charge < -0.3 is 16.4 Å². The Kier molecular flexibility index (Phi) is 5.99. The molecule has 1 rings (SSSR count). The highest BCUT2D eigenvalue weighted by molar-refractivity contribution is 8.00. The first-order chi connectivity index (χ1) is 8.58. The van der Waals surface area contributed by atoms with E-state index in [0.29, 0.717) is 24.7 Å². The van der Waals surface area contributed by atoms with Crippen LogP contribution in [0.2, 0.25) is 0 Å². The molecule has 98 valence electrons. The lowest BCUT2D eigenvalue weighted by Gasteiger charge is -2.05. The van der Waals surface area contributed by atoms with Gasteiger partial charge in [-0.25, -0.2) is 4.98 Å². The topological polar surface area (TPSA) is 97.1 Å². The van der Waals surface area contributed by atoms with Crippen molar-refractivity contribution in [2.24, 2.45) is 0 Å². The van der Waals surface area contributed by atoms with Crippen LogP contribution in [-0.2, 0) is 9.59 Å². The van der Waals surface area contributed by atoms with Crippen LogP contribution in [0.3, 0.4) is 0 Å². The van der Waals surface area contributed by atoms with Crippen molar-refractivity contribution in [1.29, 1.82) is 0 Å². The summed E-state index contributed by atoms with van der Waals surface area (Å²) in [6, 6.07) is 3.51. The molecule has 0 atom stereocenters. The van der Waals surface area contributed by atoms with E-state index in [9.17, 15) is 9.59 Å². The van der Waals surface area contributed by atoms with Crippen LogP contribution in [0.25, 0.3) is 0 Å². The molecule has 6 nitrogen and oxygen atoms in total. The number of pyridine rings is 1. The number of thioether (sulfide) groups is 1. The fraction of sp³-hybridized carbons (Fsp3) is 0.364. The number of carbonyl (C=O) groups excluding carboxylic acids is 2. The number of nitrogen functional groups attached to an aromatic ring is 1. The van der Waals surface area contributed by atoms with Crippen molar-refractivity contribution in [3.05, 3.63) is 18.3 Å². The Hall–Kier alpha value is -1.76. The van der Waals surface area contributed by atoms with Crippen LogP contribution in [0.15, 0.2) is 23.2 Å². The minimum atomic E-state index is -0.105. The highest BCUT2D eigenvalue weighted by atomic mass is 32.2. The van der Waals surface area contributed by atoms with E-state index >= 15 is 0 Å². The minimum absolute atomic E-state index is 0.0813. The minimum Gasteiger partial charge on any atom is -0.384 e. The van der Waals surface area contributed by atoms with E-state index in [2.05, 4.69) is 15.6 Å². The maximum Gasteiger partial charge on any atom is 0.230 e. The molecule has 0 bridgehead atoms. The van der Waals surface area contributed by atoms with Gasteiger partial charge in [-0.2, -0.15) is 0 Å². The summed E-state index contributed by atoms with van der Waals surface area (Å²) < 4.78 is 0. The van der Waals surface area contributed by atoms with Crippen molar-refractivity contribution in [3.8, 4) is 0 Å². The maximum absolute atomic E-state index is 11.4. The second-order valence-corrected chi connectivity index (χ2v) is 4.59. The van der Waals surface area contributed by atoms with Crippen molar-refractivity contribution < 1.29 is 9.59 Å². The average Bonchev–Trinajstić information content (AvgIpc) is 2.34. The van der Waals surface area contributed by atoms with Gasteiger partial charge in [0.2, 0.25) is 11.8 Å². The van der Waals surface area contributed by atoms with Crippen LogP contribution in [-0.4, -0.2) is 35.6 Å². The van der Waals surface area contributed by atoms with Crippen molar-refractivity contribution >= 4 is 29.4 Å². The number of aromatic nitrogens is 1. The van der Waals surface area contributed by atoms with E-state index in [4.69, 9.17) is 5.73 Å². The summed E-state index contributed by atoms with van der Waals surface area (Å²) in [6.07, 6.45) is 1.63. The molecule has 0 aromatic carbocycles. The standard InChI is InChI=1S/C11H16N4O2S/c1-8(16)13-4-5-14-11(17)7-18-9-2-3-10(12)15-6-9/h2-3,6H,4-5,7H2,1H3,(H2,12,15)(H,13,16)(H,14,17). The zero-order valence-corrected chi connectivity index (χ0v) is 10.9. The summed E-state index contributed by atoms with van der Waals surface area (Å²) in [5.74, 6) is 0.582. The number of nitrogens with one attached hydrogen (secondary N) is 2. The molecule has 0 aliphatic heterocycles. The number of amides is 2. The van der Waals surface area contributed by atoms with E-state index in [1.54, 1.807) is 12.3 Å². The predicted molar refractivity (Wildman–Crippen MR) is 71.1 cm³/mol. The first-order valence-electron chi connectivity index (χ1n) is 5.43. The number of anilines is 1. The zero-order valence-electron chi connectivity index (χ0n) is 10.1. The van der Waals surface area contributed by atoms with Gasteiger partial charge in [0.15, 0.2) is 0 Å². The third-order valence-corrected chi connectivity index (χ3v) is 2.93. The fourth-order valence-electron chi connectivity index (χ4n) is 1.12. The number of hydrogen-bond donors (Lipinski definition) is 3. The Labute approximate surface area is 110 Å². The van der Waals surface area contributed by atoms with Crippen LogP contribution in [0.5, 0.6) is 0 Å². The fourth-order valence-corrected chi connectivity index (χ4v) is 1.81. The number of nitrogens with zero attached hydrogens (tertiary/aromatic N) is 1. The summed E-state index contributed by atoms with van der Waals surface area (Å²) >= 11 is 1.38. The maximum atomic E-state index is 11.4. The molecule has 0 saturated heterocycles. The van der Waals surface area contributed by atoms with Gasteiger partial charge in [-0.15, -0.1) is 11.8 Å². The molecule has 4 N–H and O–H groups in total. The molecule has 18 heavy (non-hydrogen) atoms. The average molecular weight is 268 g/mol. The van der Waals surface area contributed by atoms with Gasteiger partial charge in [-0.1, -0.05) is 0 Å². The summed E-state index contributed by atoms with van der Waals surface area (Å²) in [4.78, 5) is 26.8. The molecule has 0 fully saturated rings. The Morgan fingerprint density at radius 2 is 2.06 bits per heavy atom. The number of rotatable bonds is 6. The van der Waals surface area contributed by atoms with Gasteiger partial charge in [-0.3, -0.25) is 9.59 Å². The third kappa shape index (κ3) is 6.09. The Morgan fingerprint density at radius 1 is 1.33 bits per heavy atom. The third-order valence-electron chi connectivity index (χ3n) is 1.95. The lowest BCUT2D eigenvalue weighted by Crippen LogP contribution is -2.34. The Balaban J connectivity index is 2.17. The molecule has 0 aliphatic carbocycles. The SMILES string of the molecule is CC(=O)NCCNC(=O)CSc1ccc(N)nc1. The summed E-state index contributed by atoms with van der Waals surface area (Å²) in [5.41, 5.74) is 5.45. The lowest BCUT2D eigenvalue weighted by molar-refractivity contribution is -0.120. The number of nitrogens with two attached hydrogens (primary N) is 1. The molecule has 1 heterocycles.